The fourth-order valence-corrected chi connectivity index (χ4v) is 2.70. The summed E-state index contributed by atoms with van der Waals surface area (Å²) >= 11 is 0. The molecule has 1 saturated heterocycles. The minimum Gasteiger partial charge on any atom is -0.389 e. The van der Waals surface area contributed by atoms with Crippen molar-refractivity contribution in [3.63, 3.8) is 0 Å². The highest BCUT2D eigenvalue weighted by Crippen LogP contribution is 2.23. The molecule has 1 aliphatic rings. The Labute approximate surface area is 145 Å². The molecule has 2 atom stereocenters. The van der Waals surface area contributed by atoms with Gasteiger partial charge in [-0.15, -0.1) is 0 Å². The van der Waals surface area contributed by atoms with E-state index < -0.39 is 6.10 Å². The van der Waals surface area contributed by atoms with Gasteiger partial charge in [-0.25, -0.2) is 0 Å². The SMILES string of the molecule is CC(NCC(O)COC(C)(C)C)c1ccc(N2CCCC2=O)cc1. The fourth-order valence-electron chi connectivity index (χ4n) is 2.70. The molecule has 1 fully saturated rings. The Bertz CT molecular complexity index is 537. The molecule has 0 aromatic heterocycles. The summed E-state index contributed by atoms with van der Waals surface area (Å²) in [6.45, 7) is 9.59. The van der Waals surface area contributed by atoms with Crippen LogP contribution in [0, 0.1) is 0 Å². The number of ether oxygens (including phenoxy) is 1. The molecule has 1 aromatic rings. The van der Waals surface area contributed by atoms with Gasteiger partial charge in [-0.3, -0.25) is 4.79 Å². The molecule has 2 unspecified atom stereocenters. The third-order valence-electron chi connectivity index (χ3n) is 4.15. The molecule has 0 bridgehead atoms. The predicted molar refractivity (Wildman–Crippen MR) is 96.2 cm³/mol. The maximum absolute atomic E-state index is 11.8. The average Bonchev–Trinajstić information content (AvgIpc) is 2.96. The lowest BCUT2D eigenvalue weighted by Crippen LogP contribution is -2.34. The second-order valence-corrected chi connectivity index (χ2v) is 7.45. The lowest BCUT2D eigenvalue weighted by Gasteiger charge is -2.23. The van der Waals surface area contributed by atoms with Crippen molar-refractivity contribution in [3.05, 3.63) is 29.8 Å². The second kappa shape index (κ2) is 8.10. The summed E-state index contributed by atoms with van der Waals surface area (Å²) in [7, 11) is 0. The van der Waals surface area contributed by atoms with Crippen molar-refractivity contribution in [2.24, 2.45) is 0 Å². The topological polar surface area (TPSA) is 61.8 Å². The third kappa shape index (κ3) is 5.58. The molecule has 0 aliphatic carbocycles. The van der Waals surface area contributed by atoms with Crippen LogP contribution in [-0.4, -0.2) is 42.4 Å². The Hall–Kier alpha value is -1.43. The minimum absolute atomic E-state index is 0.123. The number of amides is 1. The van der Waals surface area contributed by atoms with Crippen LogP contribution >= 0.6 is 0 Å². The fraction of sp³-hybridized carbons (Fsp3) is 0.632. The quantitative estimate of drug-likeness (QED) is 0.805. The van der Waals surface area contributed by atoms with Gasteiger partial charge in [0.15, 0.2) is 0 Å². The summed E-state index contributed by atoms with van der Waals surface area (Å²) in [4.78, 5) is 13.6. The number of carbonyl (C=O) groups is 1. The largest absolute Gasteiger partial charge is 0.389 e. The zero-order valence-electron chi connectivity index (χ0n) is 15.2. The van der Waals surface area contributed by atoms with Crippen molar-refractivity contribution in [1.82, 2.24) is 5.32 Å². The number of anilines is 1. The van der Waals surface area contributed by atoms with E-state index in [1.807, 2.05) is 49.9 Å². The molecule has 2 N–H and O–H groups in total. The Kier molecular flexibility index (Phi) is 6.38. The van der Waals surface area contributed by atoms with Gasteiger partial charge in [0.25, 0.3) is 0 Å². The number of benzene rings is 1. The maximum Gasteiger partial charge on any atom is 0.227 e. The summed E-state index contributed by atoms with van der Waals surface area (Å²) < 4.78 is 5.58. The highest BCUT2D eigenvalue weighted by atomic mass is 16.5. The standard InChI is InChI=1S/C19H30N2O3/c1-14(20-12-17(22)13-24-19(2,3)4)15-7-9-16(10-8-15)21-11-5-6-18(21)23/h7-10,14,17,20,22H,5-6,11-13H2,1-4H3. The summed E-state index contributed by atoms with van der Waals surface area (Å²) in [5.41, 5.74) is 1.86. The summed E-state index contributed by atoms with van der Waals surface area (Å²) in [5, 5.41) is 13.3. The van der Waals surface area contributed by atoms with E-state index in [-0.39, 0.29) is 17.6 Å². The monoisotopic (exact) mass is 334 g/mol. The van der Waals surface area contributed by atoms with Crippen LogP contribution in [0.4, 0.5) is 5.69 Å². The number of hydrogen-bond donors (Lipinski definition) is 2. The smallest absolute Gasteiger partial charge is 0.227 e. The van der Waals surface area contributed by atoms with E-state index in [0.717, 1.165) is 24.2 Å². The molecule has 1 aliphatic heterocycles. The first-order valence-electron chi connectivity index (χ1n) is 8.72. The van der Waals surface area contributed by atoms with Gasteiger partial charge in [-0.1, -0.05) is 12.1 Å². The Morgan fingerprint density at radius 2 is 1.96 bits per heavy atom. The molecule has 1 heterocycles. The lowest BCUT2D eigenvalue weighted by atomic mass is 10.1. The molecule has 1 aromatic carbocycles. The first kappa shape index (κ1) is 18.9. The summed E-state index contributed by atoms with van der Waals surface area (Å²) in [6.07, 6.45) is 1.05. The highest BCUT2D eigenvalue weighted by Gasteiger charge is 2.21. The zero-order valence-corrected chi connectivity index (χ0v) is 15.2. The molecule has 1 amide bonds. The van der Waals surface area contributed by atoms with Crippen molar-refractivity contribution in [1.29, 1.82) is 0 Å². The molecule has 2 rings (SSSR count). The molecule has 5 heteroatoms. The zero-order chi connectivity index (χ0) is 17.7. The summed E-state index contributed by atoms with van der Waals surface area (Å²) in [5.74, 6) is 0.205. The van der Waals surface area contributed by atoms with E-state index in [9.17, 15) is 9.90 Å². The van der Waals surface area contributed by atoms with Gasteiger partial charge in [0, 0.05) is 31.2 Å². The van der Waals surface area contributed by atoms with Gasteiger partial charge in [0.1, 0.15) is 0 Å². The van der Waals surface area contributed by atoms with Crippen LogP contribution in [0.25, 0.3) is 0 Å². The third-order valence-corrected chi connectivity index (χ3v) is 4.15. The molecule has 134 valence electrons. The first-order valence-corrected chi connectivity index (χ1v) is 8.72. The normalized spacial score (nSPS) is 18.0. The van der Waals surface area contributed by atoms with Gasteiger partial charge < -0.3 is 20.1 Å². The van der Waals surface area contributed by atoms with Gasteiger partial charge in [0.05, 0.1) is 18.3 Å². The second-order valence-electron chi connectivity index (χ2n) is 7.45. The van der Waals surface area contributed by atoms with Crippen molar-refractivity contribution >= 4 is 11.6 Å². The van der Waals surface area contributed by atoms with E-state index in [2.05, 4.69) is 12.2 Å². The molecule has 0 saturated carbocycles. The van der Waals surface area contributed by atoms with Gasteiger partial charge in [-0.2, -0.15) is 0 Å². The number of rotatable bonds is 7. The maximum atomic E-state index is 11.8. The van der Waals surface area contributed by atoms with E-state index in [1.165, 1.54) is 0 Å². The van der Waals surface area contributed by atoms with Crippen LogP contribution in [0.1, 0.15) is 52.1 Å². The molecule has 0 radical (unpaired) electrons. The minimum atomic E-state index is -0.534. The van der Waals surface area contributed by atoms with Crippen molar-refractivity contribution in [2.45, 2.75) is 58.3 Å². The van der Waals surface area contributed by atoms with Crippen LogP contribution in [0.2, 0.25) is 0 Å². The first-order chi connectivity index (χ1) is 11.3. The van der Waals surface area contributed by atoms with Crippen LogP contribution in [0.5, 0.6) is 0 Å². The van der Waals surface area contributed by atoms with Crippen LogP contribution < -0.4 is 10.2 Å². The molecular weight excluding hydrogens is 304 g/mol. The predicted octanol–water partition coefficient (Wildman–Crippen LogP) is 2.64. The van der Waals surface area contributed by atoms with E-state index >= 15 is 0 Å². The summed E-state index contributed by atoms with van der Waals surface area (Å²) in [6, 6.07) is 8.19. The van der Waals surface area contributed by atoms with E-state index in [4.69, 9.17) is 4.74 Å². The molecule has 5 nitrogen and oxygen atoms in total. The number of aliphatic hydroxyl groups is 1. The molecule has 24 heavy (non-hydrogen) atoms. The van der Waals surface area contributed by atoms with E-state index in [0.29, 0.717) is 19.6 Å². The van der Waals surface area contributed by atoms with Crippen LogP contribution in [0.3, 0.4) is 0 Å². The highest BCUT2D eigenvalue weighted by molar-refractivity contribution is 5.95. The van der Waals surface area contributed by atoms with Gasteiger partial charge >= 0.3 is 0 Å². The van der Waals surface area contributed by atoms with Gasteiger partial charge in [0.2, 0.25) is 5.91 Å². The number of hydrogen-bond acceptors (Lipinski definition) is 4. The Morgan fingerprint density at radius 1 is 1.29 bits per heavy atom. The van der Waals surface area contributed by atoms with E-state index in [1.54, 1.807) is 0 Å². The molecular formula is C19H30N2O3. The van der Waals surface area contributed by atoms with Crippen LogP contribution in [0.15, 0.2) is 24.3 Å². The van der Waals surface area contributed by atoms with Gasteiger partial charge in [-0.05, 0) is 51.8 Å². The number of nitrogens with zero attached hydrogens (tertiary/aromatic N) is 1. The number of carbonyl (C=O) groups excluding carboxylic acids is 1. The van der Waals surface area contributed by atoms with Crippen molar-refractivity contribution in [2.75, 3.05) is 24.6 Å². The van der Waals surface area contributed by atoms with Crippen LogP contribution in [-0.2, 0) is 9.53 Å². The Balaban J connectivity index is 1.82. The van der Waals surface area contributed by atoms with Crippen molar-refractivity contribution < 1.29 is 14.6 Å². The molecule has 0 spiro atoms. The number of nitrogens with one attached hydrogen (secondary N) is 1. The number of aliphatic hydroxyl groups excluding tert-OH is 1. The van der Waals surface area contributed by atoms with Crippen molar-refractivity contribution in [3.8, 4) is 0 Å². The Morgan fingerprint density at radius 3 is 2.50 bits per heavy atom. The lowest BCUT2D eigenvalue weighted by molar-refractivity contribution is -0.117. The average molecular weight is 334 g/mol.